The number of rotatable bonds is 8. The Hall–Kier alpha value is -1.86. The first-order valence-corrected chi connectivity index (χ1v) is 11.6. The number of fused-ring (bicyclic) bond motifs is 2. The van der Waals surface area contributed by atoms with Crippen molar-refractivity contribution in [2.75, 3.05) is 26.7 Å². The Morgan fingerprint density at radius 3 is 2.55 bits per heavy atom. The number of nitrogens with one attached hydrogen (secondary N) is 2. The van der Waals surface area contributed by atoms with E-state index in [1.54, 1.807) is 7.05 Å². The maximum absolute atomic E-state index is 12.8. The largest absolute Gasteiger partial charge is 0.347 e. The van der Waals surface area contributed by atoms with Crippen molar-refractivity contribution in [3.63, 3.8) is 0 Å². The van der Waals surface area contributed by atoms with Crippen LogP contribution in [0.2, 0.25) is 0 Å². The first-order chi connectivity index (χ1) is 15.0. The molecular formula is C24H34F2N4O. The Kier molecular flexibility index (Phi) is 7.33. The van der Waals surface area contributed by atoms with Gasteiger partial charge in [-0.3, -0.25) is 14.7 Å². The van der Waals surface area contributed by atoms with Gasteiger partial charge in [0.15, 0.2) is 0 Å². The lowest BCUT2D eigenvalue weighted by atomic mass is 9.88. The third kappa shape index (κ3) is 5.69. The van der Waals surface area contributed by atoms with Gasteiger partial charge in [-0.25, -0.2) is 8.78 Å². The zero-order chi connectivity index (χ0) is 21.8. The smallest absolute Gasteiger partial charge is 0.251 e. The van der Waals surface area contributed by atoms with E-state index in [1.807, 2.05) is 11.1 Å². The van der Waals surface area contributed by atoms with E-state index in [4.69, 9.17) is 0 Å². The van der Waals surface area contributed by atoms with Crippen molar-refractivity contribution >= 4 is 12.1 Å². The van der Waals surface area contributed by atoms with Gasteiger partial charge in [-0.1, -0.05) is 24.3 Å². The fraction of sp³-hybridized carbons (Fsp3) is 0.667. The molecule has 4 rings (SSSR count). The molecule has 0 spiro atoms. The topological polar surface area (TPSA) is 56.7 Å². The molecule has 2 N–H and O–H groups in total. The van der Waals surface area contributed by atoms with Gasteiger partial charge in [-0.2, -0.15) is 0 Å². The number of aliphatic imine (C=N–C) groups is 1. The highest BCUT2D eigenvalue weighted by molar-refractivity contribution is 5.86. The summed E-state index contributed by atoms with van der Waals surface area (Å²) in [6.45, 7) is 1.35. The maximum Gasteiger partial charge on any atom is 0.251 e. The minimum Gasteiger partial charge on any atom is -0.347 e. The van der Waals surface area contributed by atoms with Crippen LogP contribution in [0.25, 0.3) is 0 Å². The van der Waals surface area contributed by atoms with E-state index in [-0.39, 0.29) is 24.5 Å². The van der Waals surface area contributed by atoms with Crippen LogP contribution in [-0.2, 0) is 11.2 Å². The highest BCUT2D eigenvalue weighted by Crippen LogP contribution is 2.35. The first kappa shape index (κ1) is 22.3. The highest BCUT2D eigenvalue weighted by Gasteiger charge is 2.42. The molecule has 4 atom stereocenters. The van der Waals surface area contributed by atoms with E-state index in [0.29, 0.717) is 24.3 Å². The number of carbonyl (C=O) groups is 1. The summed E-state index contributed by atoms with van der Waals surface area (Å²) in [4.78, 5) is 18.8. The lowest BCUT2D eigenvalue weighted by molar-refractivity contribution is -0.124. The minimum absolute atomic E-state index is 0.0650. The zero-order valence-corrected chi connectivity index (χ0v) is 18.3. The third-order valence-corrected chi connectivity index (χ3v) is 7.19. The Morgan fingerprint density at radius 2 is 1.97 bits per heavy atom. The molecule has 7 heteroatoms. The molecule has 2 bridgehead atoms. The van der Waals surface area contributed by atoms with E-state index >= 15 is 0 Å². The van der Waals surface area contributed by atoms with Gasteiger partial charge in [-0.05, 0) is 74.6 Å². The van der Waals surface area contributed by atoms with Crippen molar-refractivity contribution in [1.29, 1.82) is 0 Å². The van der Waals surface area contributed by atoms with Gasteiger partial charge >= 0.3 is 0 Å². The van der Waals surface area contributed by atoms with Crippen LogP contribution in [0.1, 0.15) is 49.1 Å². The first-order valence-electron chi connectivity index (χ1n) is 11.6. The standard InChI is InChI=1S/C24H34F2N4O/c1-27-14-21(29-24(31)23-19-6-7-20(13-19)28-23)12-16-2-4-17(5-3-16)18-8-10-30(11-9-18)15-22(25)26/h2-5,14,18-23,28H,6-13,15H2,1H3,(H,29,31). The number of benzene rings is 1. The molecule has 170 valence electrons. The number of nitrogens with zero attached hydrogens (tertiary/aromatic N) is 2. The molecule has 1 aliphatic carbocycles. The SMILES string of the molecule is CN=CC(Cc1ccc(C2CCN(CC(F)F)CC2)cc1)NC(=O)C1NC2CCC1C2. The van der Waals surface area contributed by atoms with Gasteiger partial charge in [0, 0.05) is 19.3 Å². The molecule has 2 saturated heterocycles. The molecule has 2 aliphatic heterocycles. The molecule has 31 heavy (non-hydrogen) atoms. The summed E-state index contributed by atoms with van der Waals surface area (Å²) in [5.41, 5.74) is 2.43. The van der Waals surface area contributed by atoms with Crippen molar-refractivity contribution < 1.29 is 13.6 Å². The molecule has 1 aromatic rings. The Morgan fingerprint density at radius 1 is 1.23 bits per heavy atom. The molecule has 1 aromatic carbocycles. The second-order valence-electron chi connectivity index (χ2n) is 9.35. The Labute approximate surface area is 183 Å². The molecule has 1 saturated carbocycles. The van der Waals surface area contributed by atoms with Crippen LogP contribution in [0.15, 0.2) is 29.3 Å². The van der Waals surface area contributed by atoms with Crippen molar-refractivity contribution in [3.05, 3.63) is 35.4 Å². The summed E-state index contributed by atoms with van der Waals surface area (Å²) in [6, 6.07) is 8.88. The van der Waals surface area contributed by atoms with Crippen molar-refractivity contribution in [3.8, 4) is 0 Å². The van der Waals surface area contributed by atoms with Crippen molar-refractivity contribution in [1.82, 2.24) is 15.5 Å². The summed E-state index contributed by atoms with van der Waals surface area (Å²) in [7, 11) is 1.73. The second-order valence-corrected chi connectivity index (χ2v) is 9.35. The molecule has 0 aromatic heterocycles. The molecular weight excluding hydrogens is 398 g/mol. The lowest BCUT2D eigenvalue weighted by Gasteiger charge is -2.32. The number of alkyl halides is 2. The van der Waals surface area contributed by atoms with Crippen LogP contribution in [0.4, 0.5) is 8.78 Å². The fourth-order valence-corrected chi connectivity index (χ4v) is 5.57. The van der Waals surface area contributed by atoms with Gasteiger partial charge in [0.2, 0.25) is 5.91 Å². The molecule has 0 radical (unpaired) electrons. The van der Waals surface area contributed by atoms with Gasteiger partial charge in [0.25, 0.3) is 6.43 Å². The van der Waals surface area contributed by atoms with Crippen molar-refractivity contribution in [2.45, 2.75) is 69.0 Å². The molecule has 3 fully saturated rings. The number of likely N-dealkylation sites (tertiary alicyclic amines) is 1. The van der Waals surface area contributed by atoms with E-state index in [1.165, 1.54) is 12.0 Å². The summed E-state index contributed by atoms with van der Waals surface area (Å²) in [5.74, 6) is 0.986. The summed E-state index contributed by atoms with van der Waals surface area (Å²) >= 11 is 0. The van der Waals surface area contributed by atoms with E-state index in [0.717, 1.165) is 44.3 Å². The monoisotopic (exact) mass is 432 g/mol. The normalized spacial score (nSPS) is 27.9. The molecule has 5 nitrogen and oxygen atoms in total. The second kappa shape index (κ2) is 10.2. The van der Waals surface area contributed by atoms with Crippen LogP contribution < -0.4 is 10.6 Å². The van der Waals surface area contributed by atoms with Gasteiger partial charge < -0.3 is 10.6 Å². The summed E-state index contributed by atoms with van der Waals surface area (Å²) < 4.78 is 25.1. The van der Waals surface area contributed by atoms with Crippen LogP contribution in [-0.4, -0.2) is 68.3 Å². The number of piperidine rings is 2. The predicted molar refractivity (Wildman–Crippen MR) is 119 cm³/mol. The van der Waals surface area contributed by atoms with Gasteiger partial charge in [0.1, 0.15) is 0 Å². The predicted octanol–water partition coefficient (Wildman–Crippen LogP) is 3.00. The number of hydrogen-bond donors (Lipinski definition) is 2. The third-order valence-electron chi connectivity index (χ3n) is 7.19. The molecule has 4 unspecified atom stereocenters. The fourth-order valence-electron chi connectivity index (χ4n) is 5.57. The summed E-state index contributed by atoms with van der Waals surface area (Å²) in [5, 5.41) is 6.63. The maximum atomic E-state index is 12.8. The minimum atomic E-state index is -2.25. The van der Waals surface area contributed by atoms with Gasteiger partial charge in [-0.15, -0.1) is 0 Å². The number of hydrogen-bond acceptors (Lipinski definition) is 4. The van der Waals surface area contributed by atoms with Crippen molar-refractivity contribution in [2.24, 2.45) is 10.9 Å². The van der Waals surface area contributed by atoms with E-state index < -0.39 is 6.43 Å². The van der Waals surface area contributed by atoms with Gasteiger partial charge in [0.05, 0.1) is 18.6 Å². The van der Waals surface area contributed by atoms with Crippen LogP contribution in [0.3, 0.4) is 0 Å². The zero-order valence-electron chi connectivity index (χ0n) is 18.3. The quantitative estimate of drug-likeness (QED) is 0.621. The molecule has 2 heterocycles. The van der Waals surface area contributed by atoms with Crippen LogP contribution >= 0.6 is 0 Å². The number of carbonyl (C=O) groups excluding carboxylic acids is 1. The molecule has 1 amide bonds. The number of amides is 1. The summed E-state index contributed by atoms with van der Waals surface area (Å²) in [6.07, 6.45) is 5.56. The average molecular weight is 433 g/mol. The Balaban J connectivity index is 1.30. The lowest BCUT2D eigenvalue weighted by Crippen LogP contribution is -2.51. The Bertz CT molecular complexity index is 761. The molecule has 3 aliphatic rings. The van der Waals surface area contributed by atoms with E-state index in [2.05, 4.69) is 39.9 Å². The highest BCUT2D eigenvalue weighted by atomic mass is 19.3. The average Bonchev–Trinajstić information content (AvgIpc) is 3.38. The van der Waals surface area contributed by atoms with E-state index in [9.17, 15) is 13.6 Å². The van der Waals surface area contributed by atoms with Crippen LogP contribution in [0, 0.1) is 5.92 Å². The van der Waals surface area contributed by atoms with Crippen LogP contribution in [0.5, 0.6) is 0 Å². The number of halogens is 2.